The molecule has 162 valence electrons. The Balaban J connectivity index is 1.66. The Morgan fingerprint density at radius 3 is 2.19 bits per heavy atom. The maximum absolute atomic E-state index is 12.4. The smallest absolute Gasteiger partial charge is 0.343 e. The van der Waals surface area contributed by atoms with E-state index in [1.165, 1.54) is 12.1 Å². The third kappa shape index (κ3) is 5.52. The fraction of sp³-hybridized carbons (Fsp3) is 0.192. The van der Waals surface area contributed by atoms with Crippen molar-refractivity contribution in [1.29, 1.82) is 5.26 Å². The van der Waals surface area contributed by atoms with Crippen molar-refractivity contribution in [2.75, 3.05) is 6.61 Å². The van der Waals surface area contributed by atoms with Crippen LogP contribution in [0.5, 0.6) is 11.5 Å². The first kappa shape index (κ1) is 22.6. The first-order chi connectivity index (χ1) is 15.4. The number of benzene rings is 3. The van der Waals surface area contributed by atoms with Gasteiger partial charge in [0.1, 0.15) is 17.6 Å². The molecule has 3 rings (SSSR count). The van der Waals surface area contributed by atoms with Gasteiger partial charge in [-0.2, -0.15) is 5.26 Å². The molecule has 0 aliphatic carbocycles. The number of nitriles is 1. The van der Waals surface area contributed by atoms with E-state index in [0.717, 1.165) is 12.0 Å². The van der Waals surface area contributed by atoms with Crippen LogP contribution in [0.3, 0.4) is 0 Å². The summed E-state index contributed by atoms with van der Waals surface area (Å²) in [4.78, 5) is 23.6. The van der Waals surface area contributed by atoms with Crippen LogP contribution in [0.15, 0.2) is 66.7 Å². The molecule has 0 spiro atoms. The number of carbonyl (C=O) groups excluding carboxylic acids is 1. The lowest BCUT2D eigenvalue weighted by Crippen LogP contribution is -2.09. The Hall–Kier alpha value is -4.11. The highest BCUT2D eigenvalue weighted by Gasteiger charge is 2.12. The summed E-state index contributed by atoms with van der Waals surface area (Å²) in [5.74, 6) is -0.0890. The van der Waals surface area contributed by atoms with E-state index in [9.17, 15) is 14.9 Å². The van der Waals surface area contributed by atoms with Gasteiger partial charge in [0.25, 0.3) is 0 Å². The number of ether oxygens (including phenoxy) is 2. The van der Waals surface area contributed by atoms with Crippen molar-refractivity contribution in [3.8, 4) is 28.7 Å². The quantitative estimate of drug-likeness (QED) is 0.372. The largest absolute Gasteiger partial charge is 0.493 e. The average Bonchev–Trinajstić information content (AvgIpc) is 2.82. The molecule has 0 amide bonds. The summed E-state index contributed by atoms with van der Waals surface area (Å²) < 4.78 is 11.1. The van der Waals surface area contributed by atoms with Crippen LogP contribution in [-0.2, 0) is 0 Å². The van der Waals surface area contributed by atoms with Gasteiger partial charge in [-0.05, 0) is 65.6 Å². The molecule has 0 aliphatic rings. The van der Waals surface area contributed by atoms with Gasteiger partial charge in [0.15, 0.2) is 0 Å². The topological polar surface area (TPSA) is 96.6 Å². The molecule has 1 atom stereocenters. The van der Waals surface area contributed by atoms with Crippen LogP contribution in [0.4, 0.5) is 0 Å². The Kier molecular flexibility index (Phi) is 7.25. The van der Waals surface area contributed by atoms with Crippen LogP contribution >= 0.6 is 0 Å². The second-order valence-electron chi connectivity index (χ2n) is 7.44. The van der Waals surface area contributed by atoms with E-state index in [2.05, 4.69) is 13.8 Å². The van der Waals surface area contributed by atoms with E-state index in [4.69, 9.17) is 14.6 Å². The fourth-order valence-electron chi connectivity index (χ4n) is 2.93. The van der Waals surface area contributed by atoms with Crippen molar-refractivity contribution < 1.29 is 24.2 Å². The average molecular weight is 429 g/mol. The van der Waals surface area contributed by atoms with Crippen molar-refractivity contribution >= 4 is 11.9 Å². The molecule has 6 heteroatoms. The van der Waals surface area contributed by atoms with Crippen molar-refractivity contribution in [2.45, 2.75) is 20.3 Å². The molecule has 0 saturated carbocycles. The van der Waals surface area contributed by atoms with Gasteiger partial charge in [0, 0.05) is 0 Å². The van der Waals surface area contributed by atoms with Gasteiger partial charge >= 0.3 is 11.9 Å². The highest BCUT2D eigenvalue weighted by atomic mass is 16.5. The normalized spacial score (nSPS) is 11.3. The molecule has 6 nitrogen and oxygen atoms in total. The molecule has 0 heterocycles. The number of carboxylic acids is 1. The minimum absolute atomic E-state index is 0.0434. The maximum atomic E-state index is 12.4. The molecule has 0 aromatic heterocycles. The van der Waals surface area contributed by atoms with Crippen LogP contribution in [0.2, 0.25) is 0 Å². The summed E-state index contributed by atoms with van der Waals surface area (Å²) in [6, 6.07) is 20.1. The van der Waals surface area contributed by atoms with E-state index in [1.54, 1.807) is 54.6 Å². The molecular weight excluding hydrogens is 406 g/mol. The lowest BCUT2D eigenvalue weighted by Gasteiger charge is -2.11. The Labute approximate surface area is 186 Å². The highest BCUT2D eigenvalue weighted by molar-refractivity contribution is 5.92. The predicted octanol–water partition coefficient (Wildman–Crippen LogP) is 5.57. The third-order valence-corrected chi connectivity index (χ3v) is 5.09. The van der Waals surface area contributed by atoms with Gasteiger partial charge in [-0.25, -0.2) is 9.59 Å². The van der Waals surface area contributed by atoms with E-state index < -0.39 is 11.9 Å². The molecule has 0 bridgehead atoms. The maximum Gasteiger partial charge on any atom is 0.343 e. The lowest BCUT2D eigenvalue weighted by molar-refractivity contribution is 0.0694. The van der Waals surface area contributed by atoms with Crippen LogP contribution in [0, 0.1) is 17.2 Å². The summed E-state index contributed by atoms with van der Waals surface area (Å²) in [7, 11) is 0. The van der Waals surface area contributed by atoms with Crippen LogP contribution < -0.4 is 9.47 Å². The monoisotopic (exact) mass is 429 g/mol. The minimum Gasteiger partial charge on any atom is -0.493 e. The zero-order chi connectivity index (χ0) is 23.1. The van der Waals surface area contributed by atoms with Crippen LogP contribution in [-0.4, -0.2) is 23.7 Å². The van der Waals surface area contributed by atoms with Crippen LogP contribution in [0.25, 0.3) is 11.1 Å². The number of hydrogen-bond acceptors (Lipinski definition) is 5. The van der Waals surface area contributed by atoms with Gasteiger partial charge in [-0.1, -0.05) is 38.5 Å². The molecule has 0 saturated heterocycles. The Morgan fingerprint density at radius 1 is 0.969 bits per heavy atom. The summed E-state index contributed by atoms with van der Waals surface area (Å²) in [5, 5.41) is 18.3. The van der Waals surface area contributed by atoms with Gasteiger partial charge in [0.2, 0.25) is 0 Å². The lowest BCUT2D eigenvalue weighted by atomic mass is 9.99. The second-order valence-corrected chi connectivity index (χ2v) is 7.44. The Bertz CT molecular complexity index is 1140. The molecule has 1 unspecified atom stereocenters. The number of nitrogens with zero attached hydrogens (tertiary/aromatic N) is 1. The zero-order valence-electron chi connectivity index (χ0n) is 17.9. The number of hydrogen-bond donors (Lipinski definition) is 1. The molecule has 32 heavy (non-hydrogen) atoms. The van der Waals surface area contributed by atoms with Gasteiger partial charge in [-0.15, -0.1) is 0 Å². The van der Waals surface area contributed by atoms with Crippen molar-refractivity contribution in [3.05, 3.63) is 83.4 Å². The molecule has 0 aliphatic heterocycles. The number of carboxylic acid groups (broad SMARTS) is 1. The van der Waals surface area contributed by atoms with Crippen molar-refractivity contribution in [2.24, 2.45) is 5.92 Å². The standard InChI is InChI=1S/C26H23NO5/c1-3-17(2)16-31-22-9-6-19(7-10-22)26(30)32-23-11-4-18(5-12-23)20-8-13-24(25(28)29)21(14-20)15-27/h4-14,17H,3,16H2,1-2H3,(H,28,29). The molecule has 1 N–H and O–H groups in total. The summed E-state index contributed by atoms with van der Waals surface area (Å²) in [5.41, 5.74) is 1.91. The molecule has 3 aromatic carbocycles. The van der Waals surface area contributed by atoms with Crippen LogP contribution in [0.1, 0.15) is 46.5 Å². The number of esters is 1. The summed E-state index contributed by atoms with van der Waals surface area (Å²) in [6.45, 7) is 4.85. The zero-order valence-corrected chi connectivity index (χ0v) is 17.9. The first-order valence-corrected chi connectivity index (χ1v) is 10.2. The van der Waals surface area contributed by atoms with Crippen molar-refractivity contribution in [1.82, 2.24) is 0 Å². The van der Waals surface area contributed by atoms with Crippen molar-refractivity contribution in [3.63, 3.8) is 0 Å². The van der Waals surface area contributed by atoms with E-state index in [-0.39, 0.29) is 11.1 Å². The first-order valence-electron chi connectivity index (χ1n) is 10.2. The summed E-state index contributed by atoms with van der Waals surface area (Å²) in [6.07, 6.45) is 1.04. The number of aromatic carboxylic acids is 1. The van der Waals surface area contributed by atoms with Gasteiger partial charge < -0.3 is 14.6 Å². The fourth-order valence-corrected chi connectivity index (χ4v) is 2.93. The Morgan fingerprint density at radius 2 is 1.59 bits per heavy atom. The van der Waals surface area contributed by atoms with E-state index >= 15 is 0 Å². The van der Waals surface area contributed by atoms with Gasteiger partial charge in [0.05, 0.1) is 23.3 Å². The van der Waals surface area contributed by atoms with E-state index in [0.29, 0.717) is 35.2 Å². The minimum atomic E-state index is -1.15. The number of carbonyl (C=O) groups is 2. The predicted molar refractivity (Wildman–Crippen MR) is 120 cm³/mol. The molecule has 0 fully saturated rings. The van der Waals surface area contributed by atoms with E-state index in [1.807, 2.05) is 6.07 Å². The highest BCUT2D eigenvalue weighted by Crippen LogP contribution is 2.25. The SMILES string of the molecule is CCC(C)COc1ccc(C(=O)Oc2ccc(-c3ccc(C(=O)O)c(C#N)c3)cc2)cc1. The third-order valence-electron chi connectivity index (χ3n) is 5.09. The second kappa shape index (κ2) is 10.3. The molecule has 3 aromatic rings. The number of rotatable bonds is 8. The molecular formula is C26H23NO5. The molecule has 0 radical (unpaired) electrons. The summed E-state index contributed by atoms with van der Waals surface area (Å²) >= 11 is 0. The van der Waals surface area contributed by atoms with Gasteiger partial charge in [-0.3, -0.25) is 0 Å².